The third-order valence-corrected chi connectivity index (χ3v) is 5.22. The van der Waals surface area contributed by atoms with Gasteiger partial charge in [0, 0.05) is 5.02 Å². The van der Waals surface area contributed by atoms with Gasteiger partial charge in [0.2, 0.25) is 0 Å². The van der Waals surface area contributed by atoms with Crippen LogP contribution >= 0.6 is 11.6 Å². The second-order valence-corrected chi connectivity index (χ2v) is 7.63. The average Bonchev–Trinajstić information content (AvgIpc) is 2.65. The summed E-state index contributed by atoms with van der Waals surface area (Å²) in [5.41, 5.74) is 0.309. The van der Waals surface area contributed by atoms with Crippen LogP contribution in [0.3, 0.4) is 0 Å². The molecule has 5 nitrogen and oxygen atoms in total. The van der Waals surface area contributed by atoms with E-state index in [1.165, 1.54) is 12.1 Å². The summed E-state index contributed by atoms with van der Waals surface area (Å²) in [4.78, 5) is -0.0358. The van der Waals surface area contributed by atoms with Crippen molar-refractivity contribution in [1.82, 2.24) is 0 Å². The summed E-state index contributed by atoms with van der Waals surface area (Å²) in [6.45, 7) is 2.11. The molecule has 3 aromatic carbocycles. The van der Waals surface area contributed by atoms with Crippen LogP contribution in [0.5, 0.6) is 17.2 Å². The molecule has 0 bridgehead atoms. The zero-order chi connectivity index (χ0) is 19.3. The lowest BCUT2D eigenvalue weighted by Crippen LogP contribution is -2.15. The van der Waals surface area contributed by atoms with Crippen LogP contribution in [0, 0.1) is 0 Å². The molecule has 7 heteroatoms. The summed E-state index contributed by atoms with van der Waals surface area (Å²) in [5, 5.41) is 0.299. The van der Waals surface area contributed by atoms with Gasteiger partial charge in [-0.25, -0.2) is 8.42 Å². The molecule has 0 aromatic heterocycles. The molecular weight excluding hydrogens is 386 g/mol. The molecule has 0 saturated heterocycles. The van der Waals surface area contributed by atoms with E-state index in [0.717, 1.165) is 0 Å². The predicted molar refractivity (Wildman–Crippen MR) is 106 cm³/mol. The minimum atomic E-state index is -3.94. The normalized spacial score (nSPS) is 11.0. The van der Waals surface area contributed by atoms with Crippen molar-refractivity contribution in [3.63, 3.8) is 0 Å². The first kappa shape index (κ1) is 19.1. The zero-order valence-corrected chi connectivity index (χ0v) is 16.1. The largest absolute Gasteiger partial charge is 0.492 e. The summed E-state index contributed by atoms with van der Waals surface area (Å²) >= 11 is 5.99. The van der Waals surface area contributed by atoms with E-state index >= 15 is 0 Å². The second-order valence-electron chi connectivity index (χ2n) is 5.54. The number of anilines is 1. The molecule has 0 spiro atoms. The monoisotopic (exact) mass is 403 g/mol. The fourth-order valence-corrected chi connectivity index (χ4v) is 3.90. The molecule has 0 saturated carbocycles. The van der Waals surface area contributed by atoms with Gasteiger partial charge in [0.1, 0.15) is 16.4 Å². The Hall–Kier alpha value is -2.70. The fraction of sp³-hybridized carbons (Fsp3) is 0.100. The van der Waals surface area contributed by atoms with Gasteiger partial charge in [-0.1, -0.05) is 41.9 Å². The van der Waals surface area contributed by atoms with Crippen molar-refractivity contribution < 1.29 is 17.9 Å². The number of halogens is 1. The Kier molecular flexibility index (Phi) is 5.88. The highest BCUT2D eigenvalue weighted by molar-refractivity contribution is 7.92. The van der Waals surface area contributed by atoms with E-state index in [4.69, 9.17) is 21.1 Å². The van der Waals surface area contributed by atoms with Gasteiger partial charge < -0.3 is 9.47 Å². The Labute approximate surface area is 163 Å². The molecule has 27 heavy (non-hydrogen) atoms. The lowest BCUT2D eigenvalue weighted by atomic mass is 10.3. The summed E-state index contributed by atoms with van der Waals surface area (Å²) < 4.78 is 39.7. The van der Waals surface area contributed by atoms with E-state index in [0.29, 0.717) is 28.8 Å². The van der Waals surface area contributed by atoms with Crippen molar-refractivity contribution in [2.75, 3.05) is 11.3 Å². The Bertz CT molecular complexity index is 1020. The Morgan fingerprint density at radius 3 is 2.37 bits per heavy atom. The maximum absolute atomic E-state index is 12.9. The van der Waals surface area contributed by atoms with Gasteiger partial charge in [-0.05, 0) is 49.4 Å². The van der Waals surface area contributed by atoms with E-state index in [1.54, 1.807) is 49.4 Å². The third-order valence-electron chi connectivity index (χ3n) is 3.60. The van der Waals surface area contributed by atoms with E-state index < -0.39 is 10.0 Å². The highest BCUT2D eigenvalue weighted by Crippen LogP contribution is 2.33. The summed E-state index contributed by atoms with van der Waals surface area (Å²) in [6, 6.07) is 20.4. The van der Waals surface area contributed by atoms with Gasteiger partial charge in [0.15, 0.2) is 5.75 Å². The van der Waals surface area contributed by atoms with Crippen LogP contribution < -0.4 is 14.2 Å². The van der Waals surface area contributed by atoms with E-state index in [2.05, 4.69) is 4.72 Å². The molecule has 0 aliphatic heterocycles. The number of rotatable bonds is 7. The van der Waals surface area contributed by atoms with Gasteiger partial charge in [0.25, 0.3) is 10.0 Å². The lowest BCUT2D eigenvalue weighted by molar-refractivity contribution is 0.331. The standard InChI is InChI=1S/C20H18ClNO4S/c1-2-25-19-13-12-15(21)14-20(19)27(23,24)22-17-10-6-7-11-18(17)26-16-8-4-3-5-9-16/h3-14,22H,2H2,1H3. The van der Waals surface area contributed by atoms with Crippen molar-refractivity contribution in [3.05, 3.63) is 77.8 Å². The third kappa shape index (κ3) is 4.72. The van der Waals surface area contributed by atoms with Crippen LogP contribution in [0.2, 0.25) is 5.02 Å². The maximum Gasteiger partial charge on any atom is 0.265 e. The fourth-order valence-electron chi connectivity index (χ4n) is 2.42. The molecule has 0 atom stereocenters. The number of hydrogen-bond donors (Lipinski definition) is 1. The Morgan fingerprint density at radius 1 is 0.926 bits per heavy atom. The summed E-state index contributed by atoms with van der Waals surface area (Å²) in [6.07, 6.45) is 0. The van der Waals surface area contributed by atoms with Crippen LogP contribution in [0.15, 0.2) is 77.7 Å². The van der Waals surface area contributed by atoms with Crippen LogP contribution in [0.1, 0.15) is 6.92 Å². The average molecular weight is 404 g/mol. The molecule has 0 heterocycles. The number of benzene rings is 3. The quantitative estimate of drug-likeness (QED) is 0.578. The first-order valence-electron chi connectivity index (χ1n) is 8.26. The van der Waals surface area contributed by atoms with Crippen LogP contribution in [0.4, 0.5) is 5.69 Å². The molecule has 3 aromatic rings. The van der Waals surface area contributed by atoms with Crippen molar-refractivity contribution in [3.8, 4) is 17.2 Å². The second kappa shape index (κ2) is 8.33. The van der Waals surface area contributed by atoms with Crippen LogP contribution in [-0.2, 0) is 10.0 Å². The molecule has 0 aliphatic carbocycles. The van der Waals surface area contributed by atoms with E-state index in [1.807, 2.05) is 18.2 Å². The molecule has 1 N–H and O–H groups in total. The number of hydrogen-bond acceptors (Lipinski definition) is 4. The van der Waals surface area contributed by atoms with Crippen molar-refractivity contribution in [1.29, 1.82) is 0 Å². The van der Waals surface area contributed by atoms with Crippen molar-refractivity contribution >= 4 is 27.3 Å². The number of ether oxygens (including phenoxy) is 2. The minimum Gasteiger partial charge on any atom is -0.492 e. The van der Waals surface area contributed by atoms with Gasteiger partial charge in [0.05, 0.1) is 12.3 Å². The smallest absolute Gasteiger partial charge is 0.265 e. The van der Waals surface area contributed by atoms with Crippen molar-refractivity contribution in [2.24, 2.45) is 0 Å². The van der Waals surface area contributed by atoms with E-state index in [-0.39, 0.29) is 10.6 Å². The minimum absolute atomic E-state index is 0.0358. The molecule has 0 amide bonds. The highest BCUT2D eigenvalue weighted by atomic mass is 35.5. The van der Waals surface area contributed by atoms with Gasteiger partial charge in [-0.2, -0.15) is 0 Å². The van der Waals surface area contributed by atoms with Gasteiger partial charge in [-0.15, -0.1) is 0 Å². The molecule has 0 radical (unpaired) electrons. The van der Waals surface area contributed by atoms with Crippen molar-refractivity contribution in [2.45, 2.75) is 11.8 Å². The van der Waals surface area contributed by atoms with E-state index in [9.17, 15) is 8.42 Å². The first-order valence-corrected chi connectivity index (χ1v) is 10.1. The Balaban J connectivity index is 1.94. The topological polar surface area (TPSA) is 64.6 Å². The predicted octanol–water partition coefficient (Wildman–Crippen LogP) is 5.33. The number of nitrogens with one attached hydrogen (secondary N) is 1. The summed E-state index contributed by atoms with van der Waals surface area (Å²) in [5.74, 6) is 1.21. The number of para-hydroxylation sites is 3. The molecule has 3 rings (SSSR count). The SMILES string of the molecule is CCOc1ccc(Cl)cc1S(=O)(=O)Nc1ccccc1Oc1ccccc1. The summed E-state index contributed by atoms with van der Waals surface area (Å²) in [7, 11) is -3.94. The van der Waals surface area contributed by atoms with Gasteiger partial charge in [-0.3, -0.25) is 4.72 Å². The van der Waals surface area contributed by atoms with Crippen LogP contribution in [0.25, 0.3) is 0 Å². The molecule has 0 fully saturated rings. The Morgan fingerprint density at radius 2 is 1.63 bits per heavy atom. The highest BCUT2D eigenvalue weighted by Gasteiger charge is 2.22. The number of sulfonamides is 1. The molecule has 0 unspecified atom stereocenters. The molecule has 0 aliphatic rings. The molecule has 140 valence electrons. The van der Waals surface area contributed by atoms with Gasteiger partial charge >= 0.3 is 0 Å². The molecular formula is C20H18ClNO4S. The lowest BCUT2D eigenvalue weighted by Gasteiger charge is -2.15. The maximum atomic E-state index is 12.9. The van der Waals surface area contributed by atoms with Crippen LogP contribution in [-0.4, -0.2) is 15.0 Å². The zero-order valence-electron chi connectivity index (χ0n) is 14.6. The first-order chi connectivity index (χ1) is 13.0.